The van der Waals surface area contributed by atoms with Gasteiger partial charge >= 0.3 is 12.1 Å². The van der Waals surface area contributed by atoms with E-state index in [1.54, 1.807) is 18.2 Å². The van der Waals surface area contributed by atoms with Crippen LogP contribution in [0.2, 0.25) is 5.02 Å². The zero-order valence-corrected chi connectivity index (χ0v) is 34.0. The van der Waals surface area contributed by atoms with Crippen molar-refractivity contribution in [3.63, 3.8) is 0 Å². The second-order valence-corrected chi connectivity index (χ2v) is 18.0. The highest BCUT2D eigenvalue weighted by atomic mass is 35.5. The number of carbonyl (C=O) groups excluding carboxylic acids is 3. The Hall–Kier alpha value is -4.63. The fourth-order valence-corrected chi connectivity index (χ4v) is 9.18. The molecule has 1 aliphatic heterocycles. The number of aromatic nitrogens is 2. The smallest absolute Gasteiger partial charge is 0.408 e. The SMILES string of the molecule is C=C[C@@H]1C[C@]1(NC(=O)[C@@H]1C[C@@H](Oc2cc(-c3csc(NC(C)C)n3)nc3c(Cl)c(OC)ccc23)CN1C(=O)[C@@H](NC(=O)OC1C[C@@H]2C[C@@H]2C1)C(C)(C)C)C(=O)O. The number of halogens is 1. The van der Waals surface area contributed by atoms with Gasteiger partial charge in [-0.15, -0.1) is 17.9 Å². The van der Waals surface area contributed by atoms with Gasteiger partial charge in [0.25, 0.3) is 0 Å². The summed E-state index contributed by atoms with van der Waals surface area (Å²) in [4.78, 5) is 65.4. The highest BCUT2D eigenvalue weighted by Crippen LogP contribution is 2.52. The van der Waals surface area contributed by atoms with Gasteiger partial charge in [0.1, 0.15) is 52.0 Å². The summed E-state index contributed by atoms with van der Waals surface area (Å²) in [5, 5.41) is 22.4. The molecule has 8 atom stereocenters. The zero-order chi connectivity index (χ0) is 40.3. The van der Waals surface area contributed by atoms with Crippen LogP contribution < -0.4 is 25.4 Å². The van der Waals surface area contributed by atoms with E-state index in [-0.39, 0.29) is 36.6 Å². The van der Waals surface area contributed by atoms with Crippen LogP contribution in [0, 0.1) is 23.2 Å². The van der Waals surface area contributed by atoms with Gasteiger partial charge in [-0.05, 0) is 68.9 Å². The molecule has 3 heterocycles. The molecule has 56 heavy (non-hydrogen) atoms. The summed E-state index contributed by atoms with van der Waals surface area (Å²) in [6.45, 7) is 13.2. The normalized spacial score (nSPS) is 27.0. The van der Waals surface area contributed by atoms with Crippen LogP contribution in [0.1, 0.15) is 66.7 Å². The van der Waals surface area contributed by atoms with E-state index in [4.69, 9.17) is 35.8 Å². The Morgan fingerprint density at radius 1 is 1.07 bits per heavy atom. The number of ether oxygens (including phenoxy) is 3. The molecule has 4 N–H and O–H groups in total. The highest BCUT2D eigenvalue weighted by Gasteiger charge is 2.61. The van der Waals surface area contributed by atoms with Gasteiger partial charge in [0.05, 0.1) is 24.9 Å². The van der Waals surface area contributed by atoms with Crippen molar-refractivity contribution in [1.29, 1.82) is 0 Å². The topological polar surface area (TPSA) is 181 Å². The highest BCUT2D eigenvalue weighted by molar-refractivity contribution is 7.14. The van der Waals surface area contributed by atoms with Crippen molar-refractivity contribution >= 4 is 62.8 Å². The predicted molar refractivity (Wildman–Crippen MR) is 212 cm³/mol. The average Bonchev–Trinajstić information content (AvgIpc) is 3.80. The third-order valence-electron chi connectivity index (χ3n) is 11.3. The largest absolute Gasteiger partial charge is 0.495 e. The predicted octanol–water partition coefficient (Wildman–Crippen LogP) is 6.27. The minimum absolute atomic E-state index is 0.0282. The second-order valence-electron chi connectivity index (χ2n) is 16.8. The quantitative estimate of drug-likeness (QED) is 0.143. The molecule has 0 bridgehead atoms. The molecule has 300 valence electrons. The van der Waals surface area contributed by atoms with E-state index in [0.717, 1.165) is 12.8 Å². The van der Waals surface area contributed by atoms with Crippen molar-refractivity contribution in [3.05, 3.63) is 41.3 Å². The summed E-state index contributed by atoms with van der Waals surface area (Å²) in [7, 11) is 1.51. The zero-order valence-electron chi connectivity index (χ0n) is 32.4. The Labute approximate surface area is 334 Å². The number of likely N-dealkylation sites (tertiary alicyclic amines) is 1. The van der Waals surface area contributed by atoms with Gasteiger partial charge in [0.15, 0.2) is 5.13 Å². The number of rotatable bonds is 13. The Bertz CT molecular complexity index is 2060. The first-order chi connectivity index (χ1) is 26.5. The lowest BCUT2D eigenvalue weighted by Gasteiger charge is -2.35. The van der Waals surface area contributed by atoms with E-state index in [9.17, 15) is 24.3 Å². The lowest BCUT2D eigenvalue weighted by atomic mass is 9.85. The summed E-state index contributed by atoms with van der Waals surface area (Å²) in [5.41, 5.74) is -0.830. The van der Waals surface area contributed by atoms with Crippen molar-refractivity contribution in [2.45, 2.75) is 103 Å². The van der Waals surface area contributed by atoms with Crippen LogP contribution in [0.5, 0.6) is 11.5 Å². The Kier molecular flexibility index (Phi) is 10.6. The Balaban J connectivity index is 1.20. The molecule has 3 amide bonds. The fourth-order valence-electron chi connectivity index (χ4n) is 8.05. The lowest BCUT2D eigenvalue weighted by molar-refractivity contribution is -0.146. The number of methoxy groups -OCH3 is 1. The molecule has 2 aromatic heterocycles. The number of nitrogens with one attached hydrogen (secondary N) is 3. The molecule has 1 saturated heterocycles. The number of benzene rings is 1. The van der Waals surface area contributed by atoms with Gasteiger partial charge in [-0.25, -0.2) is 19.6 Å². The molecule has 1 aromatic carbocycles. The van der Waals surface area contributed by atoms with Crippen LogP contribution in [0.4, 0.5) is 9.93 Å². The molecule has 14 nitrogen and oxygen atoms in total. The van der Waals surface area contributed by atoms with Crippen LogP contribution in [0.3, 0.4) is 0 Å². The van der Waals surface area contributed by atoms with Gasteiger partial charge < -0.3 is 40.2 Å². The molecular weight excluding hydrogens is 760 g/mol. The average molecular weight is 809 g/mol. The minimum atomic E-state index is -1.53. The van der Waals surface area contributed by atoms with E-state index in [0.29, 0.717) is 50.8 Å². The number of fused-ring (bicyclic) bond motifs is 2. The van der Waals surface area contributed by atoms with Gasteiger partial charge in [-0.2, -0.15) is 0 Å². The van der Waals surface area contributed by atoms with E-state index in [1.807, 2.05) is 40.0 Å². The first kappa shape index (κ1) is 39.6. The van der Waals surface area contributed by atoms with Crippen molar-refractivity contribution in [2.24, 2.45) is 23.2 Å². The van der Waals surface area contributed by atoms with Gasteiger partial charge in [0.2, 0.25) is 11.8 Å². The van der Waals surface area contributed by atoms with Crippen molar-refractivity contribution < 1.29 is 38.5 Å². The van der Waals surface area contributed by atoms with Crippen LogP contribution in [-0.2, 0) is 19.1 Å². The number of aliphatic carboxylic acids is 1. The maximum atomic E-state index is 14.7. The Morgan fingerprint density at radius 3 is 2.43 bits per heavy atom. The van der Waals surface area contributed by atoms with Gasteiger partial charge in [0, 0.05) is 35.2 Å². The molecule has 7 rings (SSSR count). The summed E-state index contributed by atoms with van der Waals surface area (Å²) in [5.74, 6) is -0.804. The molecule has 0 spiro atoms. The van der Waals surface area contributed by atoms with Crippen LogP contribution in [0.15, 0.2) is 36.2 Å². The molecule has 4 fully saturated rings. The lowest BCUT2D eigenvalue weighted by Crippen LogP contribution is -2.59. The van der Waals surface area contributed by atoms with Gasteiger partial charge in [-0.3, -0.25) is 9.59 Å². The van der Waals surface area contributed by atoms with E-state index < -0.39 is 58.9 Å². The summed E-state index contributed by atoms with van der Waals surface area (Å²) >= 11 is 8.24. The number of pyridine rings is 1. The molecule has 1 unspecified atom stereocenters. The summed E-state index contributed by atoms with van der Waals surface area (Å²) in [6.07, 6.45) is 2.89. The fraction of sp³-hybridized carbons (Fsp3) is 0.550. The van der Waals surface area contributed by atoms with Gasteiger partial charge in [-0.1, -0.05) is 38.4 Å². The van der Waals surface area contributed by atoms with Crippen LogP contribution in [-0.4, -0.2) is 93.4 Å². The number of carboxylic acid groups (broad SMARTS) is 1. The second kappa shape index (κ2) is 15.0. The van der Waals surface area contributed by atoms with Crippen molar-refractivity contribution in [2.75, 3.05) is 19.0 Å². The number of carboxylic acids is 1. The maximum Gasteiger partial charge on any atom is 0.408 e. The van der Waals surface area contributed by atoms with E-state index in [1.165, 1.54) is 35.8 Å². The maximum absolute atomic E-state index is 14.7. The first-order valence-corrected chi connectivity index (χ1v) is 20.3. The molecule has 3 aliphatic carbocycles. The number of anilines is 1. The van der Waals surface area contributed by atoms with Crippen molar-refractivity contribution in [1.82, 2.24) is 25.5 Å². The minimum Gasteiger partial charge on any atom is -0.495 e. The summed E-state index contributed by atoms with van der Waals surface area (Å²) < 4.78 is 17.9. The molecule has 3 aromatic rings. The molecule has 16 heteroatoms. The van der Waals surface area contributed by atoms with E-state index >= 15 is 0 Å². The number of carbonyl (C=O) groups is 4. The van der Waals surface area contributed by atoms with Crippen molar-refractivity contribution in [3.8, 4) is 22.9 Å². The standard InChI is InChI=1S/C40H49ClN6O8S/c1-8-22-16-40(22,36(50)51)46-34(48)28-14-24(17-47(28)35(49)33(39(4,5)6)45-38(52)55-23-12-20-11-21(20)13-23)54-30-15-26(27-18-56-37(44-27)42-19(2)3)43-32-25(30)9-10-29(53-7)31(32)41/h8-10,15,18-24,28,33H,1,11-14,16-17H2,2-7H3,(H,42,44)(H,45,52)(H,46,48)(H,50,51)/t20-,21+,22-,23?,24-,28+,33-,40-/m1/s1. The van der Waals surface area contributed by atoms with Crippen LogP contribution >= 0.6 is 22.9 Å². The first-order valence-electron chi connectivity index (χ1n) is 19.0. The number of amides is 3. The number of hydrogen-bond donors (Lipinski definition) is 4. The number of alkyl carbamates (subject to hydrolysis) is 1. The molecule has 4 aliphatic rings. The monoisotopic (exact) mass is 808 g/mol. The Morgan fingerprint density at radius 2 is 1.80 bits per heavy atom. The third kappa shape index (κ3) is 7.84. The third-order valence-corrected chi connectivity index (χ3v) is 12.4. The van der Waals surface area contributed by atoms with Crippen LogP contribution in [0.25, 0.3) is 22.3 Å². The van der Waals surface area contributed by atoms with E-state index in [2.05, 4.69) is 22.5 Å². The number of hydrogen-bond acceptors (Lipinski definition) is 11. The number of thiazole rings is 1. The molecule has 3 saturated carbocycles. The number of nitrogens with zero attached hydrogens (tertiary/aromatic N) is 3. The molecule has 0 radical (unpaired) electrons. The molecular formula is C40H49ClN6O8S. The summed E-state index contributed by atoms with van der Waals surface area (Å²) in [6, 6.07) is 3.20.